The van der Waals surface area contributed by atoms with Gasteiger partial charge in [-0.25, -0.2) is 19.0 Å². The Kier molecular flexibility index (Phi) is 5.41. The summed E-state index contributed by atoms with van der Waals surface area (Å²) in [5, 5.41) is 13.5. The molecular formula is C23H18N6O3S. The lowest BCUT2D eigenvalue weighted by molar-refractivity contribution is 0.0527. The number of thiophene rings is 1. The van der Waals surface area contributed by atoms with Crippen molar-refractivity contribution in [2.75, 3.05) is 11.9 Å². The third-order valence-electron chi connectivity index (χ3n) is 4.92. The van der Waals surface area contributed by atoms with Gasteiger partial charge in [0.05, 0.1) is 35.3 Å². The van der Waals surface area contributed by atoms with Crippen molar-refractivity contribution in [3.63, 3.8) is 0 Å². The molecule has 0 bridgehead atoms. The molecule has 9 nitrogen and oxygen atoms in total. The molecule has 0 radical (unpaired) electrons. The molecule has 4 heterocycles. The van der Waals surface area contributed by atoms with Gasteiger partial charge in [-0.2, -0.15) is 10.2 Å². The quantitative estimate of drug-likeness (QED) is 0.385. The number of para-hydroxylation sites is 1. The number of nitrogens with zero attached hydrogens (tertiary/aromatic N) is 5. The van der Waals surface area contributed by atoms with E-state index in [2.05, 4.69) is 20.5 Å². The van der Waals surface area contributed by atoms with E-state index in [9.17, 15) is 9.59 Å². The summed E-state index contributed by atoms with van der Waals surface area (Å²) < 4.78 is 8.26. The summed E-state index contributed by atoms with van der Waals surface area (Å²) in [4.78, 5) is 31.2. The number of carbonyl (C=O) groups excluding carboxylic acids is 2. The molecule has 0 aliphatic heterocycles. The van der Waals surface area contributed by atoms with Crippen LogP contribution in [0.1, 0.15) is 27.6 Å². The molecule has 0 spiro atoms. The molecule has 33 heavy (non-hydrogen) atoms. The van der Waals surface area contributed by atoms with Gasteiger partial charge in [0.15, 0.2) is 11.5 Å². The first-order valence-corrected chi connectivity index (χ1v) is 11.0. The standard InChI is InChI=1S/C23H18N6O3S/c1-2-32-23(31)17-14-25-28(15-7-4-3-5-8-15)21(17)27-22(30)16-13-26-29-18(10-11-24-20(16)29)19-9-6-12-33-19/h3-14H,2H2,1H3,(H,27,30). The zero-order valence-corrected chi connectivity index (χ0v) is 18.3. The minimum absolute atomic E-state index is 0.151. The summed E-state index contributed by atoms with van der Waals surface area (Å²) >= 11 is 1.57. The number of esters is 1. The van der Waals surface area contributed by atoms with E-state index in [1.165, 1.54) is 17.1 Å². The van der Waals surface area contributed by atoms with E-state index in [1.54, 1.807) is 29.0 Å². The Balaban J connectivity index is 1.55. The van der Waals surface area contributed by atoms with Crippen LogP contribution in [0.3, 0.4) is 0 Å². The van der Waals surface area contributed by atoms with Crippen molar-refractivity contribution in [3.05, 3.63) is 83.6 Å². The van der Waals surface area contributed by atoms with E-state index in [4.69, 9.17) is 4.74 Å². The van der Waals surface area contributed by atoms with Gasteiger partial charge < -0.3 is 10.1 Å². The van der Waals surface area contributed by atoms with E-state index in [0.29, 0.717) is 11.3 Å². The molecule has 0 aliphatic carbocycles. The Morgan fingerprint density at radius 1 is 1.03 bits per heavy atom. The highest BCUT2D eigenvalue weighted by molar-refractivity contribution is 7.13. The second-order valence-electron chi connectivity index (χ2n) is 6.93. The maximum absolute atomic E-state index is 13.3. The Hall–Kier alpha value is -4.31. The summed E-state index contributed by atoms with van der Waals surface area (Å²) in [6.07, 6.45) is 4.48. The van der Waals surface area contributed by atoms with Crippen LogP contribution in [0.5, 0.6) is 0 Å². The molecule has 164 valence electrons. The average Bonchev–Trinajstić information content (AvgIpc) is 3.59. The first-order valence-electron chi connectivity index (χ1n) is 10.2. The van der Waals surface area contributed by atoms with Crippen LogP contribution in [0.4, 0.5) is 5.82 Å². The molecule has 5 aromatic rings. The lowest BCUT2D eigenvalue weighted by Gasteiger charge is -2.10. The van der Waals surface area contributed by atoms with Crippen molar-refractivity contribution in [1.29, 1.82) is 0 Å². The third kappa shape index (κ3) is 3.76. The fraction of sp³-hybridized carbons (Fsp3) is 0.0870. The number of hydrogen-bond donors (Lipinski definition) is 1. The van der Waals surface area contributed by atoms with E-state index in [0.717, 1.165) is 10.6 Å². The van der Waals surface area contributed by atoms with Gasteiger partial charge in [0.2, 0.25) is 0 Å². The van der Waals surface area contributed by atoms with Crippen LogP contribution in [0.2, 0.25) is 0 Å². The first kappa shape index (κ1) is 20.6. The summed E-state index contributed by atoms with van der Waals surface area (Å²) in [5.41, 5.74) is 2.33. The number of anilines is 1. The van der Waals surface area contributed by atoms with E-state index < -0.39 is 11.9 Å². The summed E-state index contributed by atoms with van der Waals surface area (Å²) in [7, 11) is 0. The molecule has 0 saturated carbocycles. The summed E-state index contributed by atoms with van der Waals surface area (Å²) in [6.45, 7) is 1.92. The van der Waals surface area contributed by atoms with Gasteiger partial charge in [0.25, 0.3) is 5.91 Å². The largest absolute Gasteiger partial charge is 0.462 e. The van der Waals surface area contributed by atoms with Crippen molar-refractivity contribution < 1.29 is 14.3 Å². The molecular weight excluding hydrogens is 440 g/mol. The zero-order chi connectivity index (χ0) is 22.8. The topological polar surface area (TPSA) is 103 Å². The zero-order valence-electron chi connectivity index (χ0n) is 17.5. The number of ether oxygens (including phenoxy) is 1. The number of rotatable bonds is 6. The highest BCUT2D eigenvalue weighted by atomic mass is 32.1. The normalized spacial score (nSPS) is 10.9. The molecule has 1 aromatic carbocycles. The molecule has 1 N–H and O–H groups in total. The van der Waals surface area contributed by atoms with E-state index in [-0.39, 0.29) is 23.6 Å². The molecule has 0 aliphatic rings. The number of carbonyl (C=O) groups is 2. The number of aromatic nitrogens is 5. The van der Waals surface area contributed by atoms with Crippen molar-refractivity contribution in [2.45, 2.75) is 6.92 Å². The Bertz CT molecular complexity index is 1440. The minimum atomic E-state index is -0.576. The van der Waals surface area contributed by atoms with Gasteiger partial charge >= 0.3 is 5.97 Å². The van der Waals surface area contributed by atoms with Gasteiger partial charge in [-0.3, -0.25) is 4.79 Å². The Morgan fingerprint density at radius 2 is 1.85 bits per heavy atom. The lowest BCUT2D eigenvalue weighted by Crippen LogP contribution is -2.18. The lowest BCUT2D eigenvalue weighted by atomic mass is 10.2. The third-order valence-corrected chi connectivity index (χ3v) is 5.81. The maximum Gasteiger partial charge on any atom is 0.343 e. The van der Waals surface area contributed by atoms with Crippen LogP contribution < -0.4 is 5.32 Å². The van der Waals surface area contributed by atoms with Crippen molar-refractivity contribution in [2.24, 2.45) is 0 Å². The van der Waals surface area contributed by atoms with Crippen LogP contribution in [-0.2, 0) is 4.74 Å². The predicted octanol–water partition coefficient (Wildman–Crippen LogP) is 4.07. The fourth-order valence-corrected chi connectivity index (χ4v) is 4.17. The smallest absolute Gasteiger partial charge is 0.343 e. The molecule has 4 aromatic heterocycles. The average molecular weight is 459 g/mol. The number of nitrogens with one attached hydrogen (secondary N) is 1. The molecule has 10 heteroatoms. The molecule has 0 fully saturated rings. The van der Waals surface area contributed by atoms with Crippen molar-refractivity contribution >= 4 is 34.7 Å². The minimum Gasteiger partial charge on any atom is -0.462 e. The van der Waals surface area contributed by atoms with Crippen molar-refractivity contribution in [1.82, 2.24) is 24.4 Å². The van der Waals surface area contributed by atoms with Gasteiger partial charge in [-0.15, -0.1) is 11.3 Å². The van der Waals surface area contributed by atoms with E-state index >= 15 is 0 Å². The second kappa shape index (κ2) is 8.67. The number of hydrogen-bond acceptors (Lipinski definition) is 7. The fourth-order valence-electron chi connectivity index (χ4n) is 3.43. The number of benzene rings is 1. The van der Waals surface area contributed by atoms with Gasteiger partial charge in [0, 0.05) is 6.20 Å². The highest BCUT2D eigenvalue weighted by Gasteiger charge is 2.24. The van der Waals surface area contributed by atoms with Crippen LogP contribution >= 0.6 is 11.3 Å². The highest BCUT2D eigenvalue weighted by Crippen LogP contribution is 2.26. The second-order valence-corrected chi connectivity index (χ2v) is 7.88. The Morgan fingerprint density at radius 3 is 2.61 bits per heavy atom. The van der Waals surface area contributed by atoms with Crippen LogP contribution in [0.15, 0.2) is 72.5 Å². The Labute approximate surface area is 192 Å². The first-order chi connectivity index (χ1) is 16.2. The monoisotopic (exact) mass is 458 g/mol. The van der Waals surface area contributed by atoms with E-state index in [1.807, 2.05) is 53.9 Å². The summed E-state index contributed by atoms with van der Waals surface area (Å²) in [6, 6.07) is 15.0. The van der Waals surface area contributed by atoms with Gasteiger partial charge in [0.1, 0.15) is 11.1 Å². The molecule has 1 amide bonds. The number of fused-ring (bicyclic) bond motifs is 1. The number of amides is 1. The summed E-state index contributed by atoms with van der Waals surface area (Å²) in [5.74, 6) is -0.838. The molecule has 0 saturated heterocycles. The van der Waals surface area contributed by atoms with Crippen LogP contribution in [0.25, 0.3) is 21.9 Å². The van der Waals surface area contributed by atoms with Gasteiger partial charge in [-0.05, 0) is 36.6 Å². The predicted molar refractivity (Wildman–Crippen MR) is 124 cm³/mol. The maximum atomic E-state index is 13.3. The molecule has 5 rings (SSSR count). The van der Waals surface area contributed by atoms with Crippen LogP contribution in [0, 0.1) is 0 Å². The van der Waals surface area contributed by atoms with Crippen molar-refractivity contribution in [3.8, 4) is 16.3 Å². The van der Waals surface area contributed by atoms with Crippen LogP contribution in [-0.4, -0.2) is 42.9 Å². The molecule has 0 atom stereocenters. The van der Waals surface area contributed by atoms with Gasteiger partial charge in [-0.1, -0.05) is 24.3 Å². The SMILES string of the molecule is CCOC(=O)c1cnn(-c2ccccc2)c1NC(=O)c1cnn2c(-c3cccs3)ccnc12. The molecule has 0 unspecified atom stereocenters.